The Kier molecular flexibility index (Phi) is 5.97. The highest BCUT2D eigenvalue weighted by Crippen LogP contribution is 2.26. The van der Waals surface area contributed by atoms with Gasteiger partial charge < -0.3 is 4.57 Å². The molecule has 1 fully saturated rings. The molecule has 5 nitrogen and oxygen atoms in total. The lowest BCUT2D eigenvalue weighted by atomic mass is 9.89. The van der Waals surface area contributed by atoms with E-state index in [1.165, 1.54) is 43.4 Å². The number of anilines is 1. The fourth-order valence-corrected chi connectivity index (χ4v) is 4.26. The Labute approximate surface area is 169 Å². The van der Waals surface area contributed by atoms with E-state index < -0.39 is 0 Å². The molecule has 0 spiro atoms. The van der Waals surface area contributed by atoms with Gasteiger partial charge >= 0.3 is 0 Å². The SMILES string of the molecule is O=C(Nc1nc(/C=C/C2CCCCC2)cs1)c1cccn1Cc1ccncc1. The number of carbonyl (C=O) groups excluding carboxylic acids is 1. The van der Waals surface area contributed by atoms with Gasteiger partial charge in [0.2, 0.25) is 0 Å². The van der Waals surface area contributed by atoms with Crippen LogP contribution in [-0.2, 0) is 6.54 Å². The summed E-state index contributed by atoms with van der Waals surface area (Å²) in [6.45, 7) is 0.630. The molecule has 3 heterocycles. The molecule has 144 valence electrons. The average Bonchev–Trinajstić information content (AvgIpc) is 3.37. The molecule has 0 saturated heterocycles. The van der Waals surface area contributed by atoms with Crippen molar-refractivity contribution < 1.29 is 4.79 Å². The van der Waals surface area contributed by atoms with Crippen LogP contribution in [0.15, 0.2) is 54.3 Å². The van der Waals surface area contributed by atoms with Crippen LogP contribution < -0.4 is 5.32 Å². The van der Waals surface area contributed by atoms with E-state index in [0.29, 0.717) is 23.3 Å². The number of thiazole rings is 1. The normalized spacial score (nSPS) is 15.1. The summed E-state index contributed by atoms with van der Waals surface area (Å²) in [4.78, 5) is 21.3. The fraction of sp³-hybridized carbons (Fsp3) is 0.318. The van der Waals surface area contributed by atoms with Crippen molar-refractivity contribution in [2.75, 3.05) is 5.32 Å². The molecule has 0 radical (unpaired) electrons. The minimum Gasteiger partial charge on any atom is -0.339 e. The summed E-state index contributed by atoms with van der Waals surface area (Å²) < 4.78 is 1.93. The molecule has 6 heteroatoms. The van der Waals surface area contributed by atoms with Crippen LogP contribution in [0.1, 0.15) is 53.8 Å². The van der Waals surface area contributed by atoms with E-state index in [9.17, 15) is 4.79 Å². The summed E-state index contributed by atoms with van der Waals surface area (Å²) in [6, 6.07) is 7.62. The molecule has 1 N–H and O–H groups in total. The van der Waals surface area contributed by atoms with Gasteiger partial charge in [0.1, 0.15) is 5.69 Å². The molecule has 3 aromatic heterocycles. The zero-order valence-corrected chi connectivity index (χ0v) is 16.6. The second kappa shape index (κ2) is 8.97. The van der Waals surface area contributed by atoms with E-state index in [4.69, 9.17) is 0 Å². The molecule has 0 atom stereocenters. The number of nitrogens with one attached hydrogen (secondary N) is 1. The summed E-state index contributed by atoms with van der Waals surface area (Å²) in [7, 11) is 0. The summed E-state index contributed by atoms with van der Waals surface area (Å²) in [6.07, 6.45) is 16.4. The molecule has 0 aromatic carbocycles. The molecule has 4 rings (SSSR count). The molecule has 1 saturated carbocycles. The number of allylic oxidation sites excluding steroid dienone is 1. The van der Waals surface area contributed by atoms with Crippen molar-refractivity contribution in [3.05, 3.63) is 71.3 Å². The second-order valence-electron chi connectivity index (χ2n) is 7.17. The van der Waals surface area contributed by atoms with Crippen molar-refractivity contribution in [2.45, 2.75) is 38.6 Å². The first-order valence-corrected chi connectivity index (χ1v) is 10.6. The maximum atomic E-state index is 12.7. The average molecular weight is 393 g/mol. The van der Waals surface area contributed by atoms with E-state index in [2.05, 4.69) is 27.4 Å². The van der Waals surface area contributed by atoms with Gasteiger partial charge in [-0.3, -0.25) is 15.1 Å². The van der Waals surface area contributed by atoms with Crippen molar-refractivity contribution in [1.82, 2.24) is 14.5 Å². The maximum Gasteiger partial charge on any atom is 0.274 e. The van der Waals surface area contributed by atoms with Gasteiger partial charge in [-0.05, 0) is 54.7 Å². The molecule has 1 aliphatic carbocycles. The van der Waals surface area contributed by atoms with Gasteiger partial charge in [0.25, 0.3) is 5.91 Å². The molecule has 28 heavy (non-hydrogen) atoms. The van der Waals surface area contributed by atoms with E-state index in [0.717, 1.165) is 11.3 Å². The number of nitrogens with zero attached hydrogens (tertiary/aromatic N) is 3. The smallest absolute Gasteiger partial charge is 0.274 e. The Bertz CT molecular complexity index is 938. The van der Waals surface area contributed by atoms with Crippen LogP contribution in [0, 0.1) is 5.92 Å². The molecule has 0 bridgehead atoms. The predicted molar refractivity (Wildman–Crippen MR) is 113 cm³/mol. The highest BCUT2D eigenvalue weighted by atomic mass is 32.1. The summed E-state index contributed by atoms with van der Waals surface area (Å²) >= 11 is 1.46. The van der Waals surface area contributed by atoms with Gasteiger partial charge in [-0.15, -0.1) is 11.3 Å². The van der Waals surface area contributed by atoms with Crippen molar-refractivity contribution in [3.63, 3.8) is 0 Å². The topological polar surface area (TPSA) is 59.8 Å². The fourth-order valence-electron chi connectivity index (χ4n) is 3.59. The zero-order chi connectivity index (χ0) is 19.2. The minimum absolute atomic E-state index is 0.142. The van der Waals surface area contributed by atoms with Crippen molar-refractivity contribution in [3.8, 4) is 0 Å². The van der Waals surface area contributed by atoms with Crippen molar-refractivity contribution >= 4 is 28.5 Å². The first-order chi connectivity index (χ1) is 13.8. The van der Waals surface area contributed by atoms with Gasteiger partial charge in [-0.2, -0.15) is 0 Å². The largest absolute Gasteiger partial charge is 0.339 e. The summed E-state index contributed by atoms with van der Waals surface area (Å²) in [5, 5.41) is 5.55. The van der Waals surface area contributed by atoms with E-state index >= 15 is 0 Å². The summed E-state index contributed by atoms with van der Waals surface area (Å²) in [5.41, 5.74) is 2.63. The van der Waals surface area contributed by atoms with Crippen LogP contribution in [0.4, 0.5) is 5.13 Å². The number of hydrogen-bond donors (Lipinski definition) is 1. The molecular formula is C22H24N4OS. The second-order valence-corrected chi connectivity index (χ2v) is 8.02. The highest BCUT2D eigenvalue weighted by molar-refractivity contribution is 7.14. The Morgan fingerprint density at radius 3 is 2.86 bits per heavy atom. The third kappa shape index (κ3) is 4.75. The Hall–Kier alpha value is -2.73. The van der Waals surface area contributed by atoms with Gasteiger partial charge in [-0.25, -0.2) is 4.98 Å². The number of amides is 1. The molecule has 0 unspecified atom stereocenters. The Morgan fingerprint density at radius 1 is 1.21 bits per heavy atom. The number of rotatable bonds is 6. The van der Waals surface area contributed by atoms with E-state index in [-0.39, 0.29) is 5.91 Å². The number of pyridine rings is 1. The number of carbonyl (C=O) groups is 1. The van der Waals surface area contributed by atoms with Crippen LogP contribution in [-0.4, -0.2) is 20.4 Å². The predicted octanol–water partition coefficient (Wildman–Crippen LogP) is 5.23. The van der Waals surface area contributed by atoms with Gasteiger partial charge in [0, 0.05) is 30.5 Å². The van der Waals surface area contributed by atoms with Crippen LogP contribution in [0.3, 0.4) is 0 Å². The molecule has 3 aromatic rings. The number of hydrogen-bond acceptors (Lipinski definition) is 4. The standard InChI is InChI=1S/C22H24N4OS/c27-21(20-7-4-14-26(20)15-18-10-12-23-13-11-18)25-22-24-19(16-28-22)9-8-17-5-2-1-3-6-17/h4,7-14,16-17H,1-3,5-6,15H2,(H,24,25,27)/b9-8+. The van der Waals surface area contributed by atoms with Crippen LogP contribution in [0.5, 0.6) is 0 Å². The first kappa shape index (κ1) is 18.6. The monoisotopic (exact) mass is 392 g/mol. The Morgan fingerprint density at radius 2 is 2.04 bits per heavy atom. The van der Waals surface area contributed by atoms with Gasteiger partial charge in [0.05, 0.1) is 5.69 Å². The third-order valence-corrected chi connectivity index (χ3v) is 5.87. The van der Waals surface area contributed by atoms with Gasteiger partial charge in [-0.1, -0.05) is 25.3 Å². The molecule has 1 amide bonds. The maximum absolute atomic E-state index is 12.7. The van der Waals surface area contributed by atoms with Crippen LogP contribution in [0.25, 0.3) is 6.08 Å². The van der Waals surface area contributed by atoms with Crippen LogP contribution >= 0.6 is 11.3 Å². The van der Waals surface area contributed by atoms with Gasteiger partial charge in [0.15, 0.2) is 5.13 Å². The number of aromatic nitrogens is 3. The first-order valence-electron chi connectivity index (χ1n) is 9.77. The van der Waals surface area contributed by atoms with Crippen molar-refractivity contribution in [2.24, 2.45) is 5.92 Å². The lowest BCUT2D eigenvalue weighted by Gasteiger charge is -2.17. The van der Waals surface area contributed by atoms with Crippen LogP contribution in [0.2, 0.25) is 0 Å². The van der Waals surface area contributed by atoms with E-state index in [1.807, 2.05) is 40.4 Å². The summed E-state index contributed by atoms with van der Waals surface area (Å²) in [5.74, 6) is 0.529. The Balaban J connectivity index is 1.39. The highest BCUT2D eigenvalue weighted by Gasteiger charge is 2.14. The molecule has 0 aliphatic heterocycles. The zero-order valence-electron chi connectivity index (χ0n) is 15.8. The molecular weight excluding hydrogens is 368 g/mol. The lowest BCUT2D eigenvalue weighted by molar-refractivity contribution is 0.101. The third-order valence-electron chi connectivity index (χ3n) is 5.10. The lowest BCUT2D eigenvalue weighted by Crippen LogP contribution is -2.17. The van der Waals surface area contributed by atoms with E-state index in [1.54, 1.807) is 12.4 Å². The quantitative estimate of drug-likeness (QED) is 0.624. The molecule has 1 aliphatic rings. The minimum atomic E-state index is -0.142. The van der Waals surface area contributed by atoms with Crippen molar-refractivity contribution in [1.29, 1.82) is 0 Å².